The first-order chi connectivity index (χ1) is 13.6. The molecular weight excluding hydrogens is 366 g/mol. The van der Waals surface area contributed by atoms with E-state index in [4.69, 9.17) is 5.73 Å². The highest BCUT2D eigenvalue weighted by atomic mass is 16.4. The van der Waals surface area contributed by atoms with Gasteiger partial charge in [-0.15, -0.1) is 0 Å². The van der Waals surface area contributed by atoms with E-state index in [-0.39, 0.29) is 11.6 Å². The zero-order valence-electron chi connectivity index (χ0n) is 17.5. The topological polar surface area (TPSA) is 106 Å². The Balaban J connectivity index is 1.76. The smallest absolute Gasteiger partial charge is 0.309 e. The van der Waals surface area contributed by atoms with E-state index in [0.717, 1.165) is 36.9 Å². The van der Waals surface area contributed by atoms with Crippen molar-refractivity contribution < 1.29 is 14.7 Å². The highest BCUT2D eigenvalue weighted by Gasteiger charge is 2.38. The summed E-state index contributed by atoms with van der Waals surface area (Å²) in [5, 5.41) is 9.47. The molecule has 1 aliphatic rings. The van der Waals surface area contributed by atoms with Crippen molar-refractivity contribution in [3.05, 3.63) is 46.9 Å². The average molecular weight is 396 g/mol. The summed E-state index contributed by atoms with van der Waals surface area (Å²) in [4.78, 5) is 32.0. The number of hydrogen-bond acceptors (Lipinski definition) is 4. The second kappa shape index (κ2) is 7.93. The van der Waals surface area contributed by atoms with E-state index >= 15 is 0 Å². The molecule has 3 rings (SSSR count). The quantitative estimate of drug-likeness (QED) is 0.787. The maximum Gasteiger partial charge on any atom is 0.309 e. The number of carboxylic acids is 1. The lowest BCUT2D eigenvalue weighted by Crippen LogP contribution is -2.35. The largest absolute Gasteiger partial charge is 0.481 e. The number of aromatic nitrogens is 2. The molecule has 0 saturated heterocycles. The summed E-state index contributed by atoms with van der Waals surface area (Å²) >= 11 is 0. The van der Waals surface area contributed by atoms with Crippen LogP contribution in [0.1, 0.15) is 72.9 Å². The van der Waals surface area contributed by atoms with Gasteiger partial charge in [-0.2, -0.15) is 0 Å². The second-order valence-corrected chi connectivity index (χ2v) is 8.65. The van der Waals surface area contributed by atoms with E-state index in [0.29, 0.717) is 17.3 Å². The maximum absolute atomic E-state index is 11.6. The number of aryl methyl sites for hydroxylation is 2. The van der Waals surface area contributed by atoms with Gasteiger partial charge in [0.15, 0.2) is 0 Å². The molecule has 29 heavy (non-hydrogen) atoms. The van der Waals surface area contributed by atoms with Crippen molar-refractivity contribution in [1.82, 2.24) is 9.97 Å². The van der Waals surface area contributed by atoms with E-state index in [9.17, 15) is 14.7 Å². The van der Waals surface area contributed by atoms with Crippen molar-refractivity contribution in [1.29, 1.82) is 0 Å². The molecule has 1 amide bonds. The van der Waals surface area contributed by atoms with Crippen LogP contribution in [0.4, 0.5) is 0 Å². The summed E-state index contributed by atoms with van der Waals surface area (Å²) in [5.74, 6) is -0.631. The van der Waals surface area contributed by atoms with Crippen molar-refractivity contribution in [3.63, 3.8) is 0 Å². The number of primary amides is 1. The molecule has 1 heterocycles. The van der Waals surface area contributed by atoms with Gasteiger partial charge in [0.2, 0.25) is 0 Å². The Morgan fingerprint density at radius 2 is 1.59 bits per heavy atom. The zero-order chi connectivity index (χ0) is 21.3. The molecule has 0 spiro atoms. The number of benzene rings is 1. The fraction of sp³-hybridized carbons (Fsp3) is 0.478. The van der Waals surface area contributed by atoms with Crippen molar-refractivity contribution in [3.8, 4) is 11.3 Å². The molecule has 0 aliphatic heterocycles. The van der Waals surface area contributed by atoms with Gasteiger partial charge in [0.25, 0.3) is 5.91 Å². The van der Waals surface area contributed by atoms with Gasteiger partial charge in [-0.1, -0.05) is 24.3 Å². The minimum absolute atomic E-state index is 0.203. The van der Waals surface area contributed by atoms with E-state index < -0.39 is 17.3 Å². The van der Waals surface area contributed by atoms with Gasteiger partial charge in [-0.3, -0.25) is 14.6 Å². The number of nitrogens with zero attached hydrogens (tertiary/aromatic N) is 2. The van der Waals surface area contributed by atoms with Crippen LogP contribution in [0.5, 0.6) is 0 Å². The fourth-order valence-corrected chi connectivity index (χ4v) is 4.37. The Labute approximate surface area is 171 Å². The number of carbonyl (C=O) groups is 2. The lowest BCUT2D eigenvalue weighted by atomic mass is 9.68. The molecule has 1 aliphatic carbocycles. The van der Waals surface area contributed by atoms with E-state index in [1.54, 1.807) is 6.92 Å². The van der Waals surface area contributed by atoms with Crippen molar-refractivity contribution >= 4 is 11.9 Å². The predicted octanol–water partition coefficient (Wildman–Crippen LogP) is 4.24. The zero-order valence-corrected chi connectivity index (χ0v) is 17.5. The Hall–Kier alpha value is -2.76. The van der Waals surface area contributed by atoms with Crippen LogP contribution in [0.3, 0.4) is 0 Å². The van der Waals surface area contributed by atoms with Crippen LogP contribution in [-0.4, -0.2) is 27.0 Å². The monoisotopic (exact) mass is 395 g/mol. The Bertz CT molecular complexity index is 927. The number of hydrogen-bond donors (Lipinski definition) is 2. The fourth-order valence-electron chi connectivity index (χ4n) is 4.37. The molecule has 1 aromatic heterocycles. The van der Waals surface area contributed by atoms with Crippen LogP contribution >= 0.6 is 0 Å². The van der Waals surface area contributed by atoms with Crippen molar-refractivity contribution in [2.24, 2.45) is 17.1 Å². The van der Waals surface area contributed by atoms with Gasteiger partial charge in [-0.05, 0) is 70.8 Å². The molecule has 1 saturated carbocycles. The predicted molar refractivity (Wildman–Crippen MR) is 112 cm³/mol. The number of rotatable bonds is 5. The molecular formula is C23H29N3O3. The van der Waals surface area contributed by atoms with E-state index in [1.807, 2.05) is 32.9 Å². The first-order valence-electron chi connectivity index (χ1n) is 10.1. The number of carbonyl (C=O) groups excluding carboxylic acids is 1. The Morgan fingerprint density at radius 3 is 2.10 bits per heavy atom. The van der Waals surface area contributed by atoms with Gasteiger partial charge >= 0.3 is 5.97 Å². The Morgan fingerprint density at radius 1 is 1.00 bits per heavy atom. The maximum atomic E-state index is 11.6. The molecule has 0 bridgehead atoms. The highest BCUT2D eigenvalue weighted by Crippen LogP contribution is 2.43. The van der Waals surface area contributed by atoms with Gasteiger partial charge in [0.1, 0.15) is 5.69 Å². The summed E-state index contributed by atoms with van der Waals surface area (Å²) in [6, 6.07) is 8.24. The lowest BCUT2D eigenvalue weighted by Gasteiger charge is -2.36. The minimum Gasteiger partial charge on any atom is -0.481 e. The second-order valence-electron chi connectivity index (χ2n) is 8.65. The van der Waals surface area contributed by atoms with Crippen molar-refractivity contribution in [2.75, 3.05) is 0 Å². The summed E-state index contributed by atoms with van der Waals surface area (Å²) in [6.07, 6.45) is 3.85. The summed E-state index contributed by atoms with van der Waals surface area (Å²) < 4.78 is 0. The normalized spacial score (nSPS) is 19.7. The third-order valence-corrected chi connectivity index (χ3v) is 6.43. The number of amides is 1. The first kappa shape index (κ1) is 21.0. The minimum atomic E-state index is -0.713. The molecule has 6 nitrogen and oxygen atoms in total. The Kier molecular flexibility index (Phi) is 5.73. The average Bonchev–Trinajstić information content (AvgIpc) is 2.68. The molecule has 6 heteroatoms. The number of carboxylic acid groups (broad SMARTS) is 1. The van der Waals surface area contributed by atoms with Crippen LogP contribution in [0, 0.1) is 25.2 Å². The van der Waals surface area contributed by atoms with Gasteiger partial charge in [0, 0.05) is 5.56 Å². The van der Waals surface area contributed by atoms with Gasteiger partial charge < -0.3 is 10.8 Å². The van der Waals surface area contributed by atoms with Crippen molar-refractivity contribution in [2.45, 2.75) is 59.3 Å². The van der Waals surface area contributed by atoms with Crippen LogP contribution in [-0.2, 0) is 4.79 Å². The van der Waals surface area contributed by atoms with Crippen LogP contribution in [0.15, 0.2) is 24.3 Å². The van der Waals surface area contributed by atoms with Crippen LogP contribution < -0.4 is 5.73 Å². The highest BCUT2D eigenvalue weighted by molar-refractivity contribution is 5.92. The third-order valence-electron chi connectivity index (χ3n) is 6.43. The standard InChI is InChI=1S/C23H29N3O3/c1-13-19(26-20(21(24)27)14(2)25-13)17-7-5-15(6-8-17)16-9-11-18(12-10-16)23(3,4)22(28)29/h5-8,16,18H,9-12H2,1-4H3,(H2,24,27)(H,28,29)/t16-,18-. The first-order valence-corrected chi connectivity index (χ1v) is 10.1. The van der Waals surface area contributed by atoms with Crippen LogP contribution in [0.25, 0.3) is 11.3 Å². The molecule has 1 aromatic carbocycles. The van der Waals surface area contributed by atoms with Gasteiger partial charge in [0.05, 0.1) is 22.5 Å². The SMILES string of the molecule is Cc1nc(C)c(-c2ccc([C@H]3CC[C@H](C(C)(C)C(=O)O)CC3)cc2)nc1C(N)=O. The molecule has 2 aromatic rings. The molecule has 3 N–H and O–H groups in total. The third kappa shape index (κ3) is 4.16. The summed E-state index contributed by atoms with van der Waals surface area (Å²) in [5.41, 5.74) is 9.08. The number of nitrogens with two attached hydrogens (primary N) is 1. The molecule has 1 fully saturated rings. The summed E-state index contributed by atoms with van der Waals surface area (Å²) in [6.45, 7) is 7.27. The molecule has 154 valence electrons. The van der Waals surface area contributed by atoms with E-state index in [2.05, 4.69) is 22.1 Å². The number of aliphatic carboxylic acids is 1. The molecule has 0 radical (unpaired) electrons. The summed E-state index contributed by atoms with van der Waals surface area (Å²) in [7, 11) is 0. The molecule has 0 unspecified atom stereocenters. The van der Waals surface area contributed by atoms with Crippen LogP contribution in [0.2, 0.25) is 0 Å². The van der Waals surface area contributed by atoms with Gasteiger partial charge in [-0.25, -0.2) is 4.98 Å². The lowest BCUT2D eigenvalue weighted by molar-refractivity contribution is -0.150. The molecule has 0 atom stereocenters. The van der Waals surface area contributed by atoms with E-state index in [1.165, 1.54) is 5.56 Å².